The van der Waals surface area contributed by atoms with Crippen molar-refractivity contribution in [2.75, 3.05) is 26.8 Å². The Morgan fingerprint density at radius 2 is 1.94 bits per heavy atom. The maximum absolute atomic E-state index is 10.8. The first-order valence-electron chi connectivity index (χ1n) is 6.12. The van der Waals surface area contributed by atoms with Crippen molar-refractivity contribution in [3.8, 4) is 0 Å². The van der Waals surface area contributed by atoms with Crippen LogP contribution in [-0.2, 0) is 14.0 Å². The zero-order chi connectivity index (χ0) is 13.5. The molecule has 0 bridgehead atoms. The Kier molecular flexibility index (Phi) is 16.9. The molecule has 0 atom stereocenters. The first-order chi connectivity index (χ1) is 8.09. The minimum absolute atomic E-state index is 0.297. The van der Waals surface area contributed by atoms with E-state index < -0.39 is 0 Å². The fourth-order valence-corrected chi connectivity index (χ4v) is 1.58. The van der Waals surface area contributed by atoms with Gasteiger partial charge in [-0.3, -0.25) is 0 Å². The molecule has 0 aromatic rings. The number of ether oxygens (including phenoxy) is 1. The first kappa shape index (κ1) is 18.7. The SMILES string of the molecule is C=C(C)C(=O)OCCC[SiH2]OC.CCNCC. The first-order valence-corrected chi connectivity index (χ1v) is 7.70. The van der Waals surface area contributed by atoms with Gasteiger partial charge in [0.2, 0.25) is 0 Å². The van der Waals surface area contributed by atoms with Gasteiger partial charge >= 0.3 is 5.97 Å². The van der Waals surface area contributed by atoms with Crippen LogP contribution in [0.2, 0.25) is 6.04 Å². The van der Waals surface area contributed by atoms with Gasteiger partial charge in [0.05, 0.1) is 6.61 Å². The normalized spacial score (nSPS) is 9.88. The van der Waals surface area contributed by atoms with Crippen LogP contribution in [0, 0.1) is 0 Å². The maximum Gasteiger partial charge on any atom is 0.333 e. The van der Waals surface area contributed by atoms with E-state index >= 15 is 0 Å². The largest absolute Gasteiger partial charge is 0.462 e. The van der Waals surface area contributed by atoms with E-state index in [1.807, 2.05) is 0 Å². The van der Waals surface area contributed by atoms with Gasteiger partial charge in [0, 0.05) is 12.7 Å². The van der Waals surface area contributed by atoms with Crippen molar-refractivity contribution >= 4 is 15.7 Å². The number of rotatable bonds is 8. The Morgan fingerprint density at radius 3 is 2.29 bits per heavy atom. The third kappa shape index (κ3) is 17.9. The number of nitrogens with one attached hydrogen (secondary N) is 1. The molecule has 0 spiro atoms. The summed E-state index contributed by atoms with van der Waals surface area (Å²) in [5, 5.41) is 3.11. The topological polar surface area (TPSA) is 47.6 Å². The Labute approximate surface area is 108 Å². The Hall–Kier alpha value is -0.653. The number of hydrogen-bond acceptors (Lipinski definition) is 4. The molecule has 0 aromatic heterocycles. The third-order valence-electron chi connectivity index (χ3n) is 1.82. The molecule has 0 fully saturated rings. The van der Waals surface area contributed by atoms with Gasteiger partial charge < -0.3 is 14.5 Å². The number of carbonyl (C=O) groups excluding carboxylic acids is 1. The van der Waals surface area contributed by atoms with Crippen LogP contribution in [-0.4, -0.2) is 42.5 Å². The lowest BCUT2D eigenvalue weighted by atomic mass is 10.4. The van der Waals surface area contributed by atoms with E-state index in [-0.39, 0.29) is 15.7 Å². The summed E-state index contributed by atoms with van der Waals surface area (Å²) in [6.45, 7) is 12.0. The lowest BCUT2D eigenvalue weighted by Crippen LogP contribution is -2.09. The third-order valence-corrected chi connectivity index (χ3v) is 3.02. The van der Waals surface area contributed by atoms with Gasteiger partial charge in [-0.15, -0.1) is 0 Å². The lowest BCUT2D eigenvalue weighted by molar-refractivity contribution is -0.138. The fourth-order valence-electron chi connectivity index (χ4n) is 0.887. The zero-order valence-electron chi connectivity index (χ0n) is 11.7. The van der Waals surface area contributed by atoms with Gasteiger partial charge in [0.15, 0.2) is 9.76 Å². The smallest absolute Gasteiger partial charge is 0.333 e. The van der Waals surface area contributed by atoms with E-state index in [9.17, 15) is 4.79 Å². The predicted molar refractivity (Wildman–Crippen MR) is 75.0 cm³/mol. The summed E-state index contributed by atoms with van der Waals surface area (Å²) in [5.74, 6) is -0.297. The van der Waals surface area contributed by atoms with Gasteiger partial charge in [-0.05, 0) is 32.5 Å². The predicted octanol–water partition coefficient (Wildman–Crippen LogP) is 1.26. The van der Waals surface area contributed by atoms with Crippen molar-refractivity contribution in [1.82, 2.24) is 5.32 Å². The molecule has 0 rings (SSSR count). The van der Waals surface area contributed by atoms with Crippen molar-refractivity contribution < 1.29 is 14.0 Å². The maximum atomic E-state index is 10.8. The quantitative estimate of drug-likeness (QED) is 0.309. The summed E-state index contributed by atoms with van der Waals surface area (Å²) in [7, 11) is 1.36. The number of hydrogen-bond donors (Lipinski definition) is 1. The molecule has 0 radical (unpaired) electrons. The average Bonchev–Trinajstić information content (AvgIpc) is 2.30. The summed E-state index contributed by atoms with van der Waals surface area (Å²) in [6.07, 6.45) is 0.902. The van der Waals surface area contributed by atoms with Gasteiger partial charge in [-0.25, -0.2) is 4.79 Å². The van der Waals surface area contributed by atoms with Crippen molar-refractivity contribution in [3.05, 3.63) is 12.2 Å². The van der Waals surface area contributed by atoms with E-state index in [2.05, 4.69) is 25.7 Å². The Bertz CT molecular complexity index is 196. The highest BCUT2D eigenvalue weighted by atomic mass is 28.2. The highest BCUT2D eigenvalue weighted by molar-refractivity contribution is 6.26. The molecule has 1 N–H and O–H groups in total. The van der Waals surface area contributed by atoms with Gasteiger partial charge in [0.1, 0.15) is 0 Å². The van der Waals surface area contributed by atoms with E-state index in [0.29, 0.717) is 12.2 Å². The standard InChI is InChI=1S/C8H16O3Si.C4H11N/c1-7(2)8(9)11-5-4-6-12-10-3;1-3-5-4-2/h1,4-6,12H2,2-3H3;5H,3-4H2,1-2H3. The highest BCUT2D eigenvalue weighted by Gasteiger charge is 2.01. The second-order valence-corrected chi connectivity index (χ2v) is 5.27. The molecule has 0 saturated carbocycles. The summed E-state index contributed by atoms with van der Waals surface area (Å²) < 4.78 is 9.86. The Morgan fingerprint density at radius 1 is 1.35 bits per heavy atom. The monoisotopic (exact) mass is 261 g/mol. The van der Waals surface area contributed by atoms with E-state index in [1.54, 1.807) is 14.0 Å². The van der Waals surface area contributed by atoms with E-state index in [4.69, 9.17) is 9.16 Å². The number of esters is 1. The van der Waals surface area contributed by atoms with Crippen molar-refractivity contribution in [2.24, 2.45) is 0 Å². The summed E-state index contributed by atoms with van der Waals surface area (Å²) >= 11 is 0. The van der Waals surface area contributed by atoms with E-state index in [1.165, 1.54) is 0 Å². The van der Waals surface area contributed by atoms with Crippen LogP contribution in [0.5, 0.6) is 0 Å². The minimum atomic E-state index is -0.356. The molecule has 0 aliphatic rings. The van der Waals surface area contributed by atoms with Crippen LogP contribution in [0.25, 0.3) is 0 Å². The summed E-state index contributed by atoms with van der Waals surface area (Å²) in [4.78, 5) is 10.8. The second kappa shape index (κ2) is 15.3. The molecule has 0 aliphatic heterocycles. The van der Waals surface area contributed by atoms with Gasteiger partial charge in [-0.1, -0.05) is 20.4 Å². The van der Waals surface area contributed by atoms with Crippen LogP contribution in [0.3, 0.4) is 0 Å². The summed E-state index contributed by atoms with van der Waals surface area (Å²) in [5.41, 5.74) is 0.457. The zero-order valence-corrected chi connectivity index (χ0v) is 13.1. The van der Waals surface area contributed by atoms with Crippen LogP contribution in [0.15, 0.2) is 12.2 Å². The Balaban J connectivity index is 0. The van der Waals surface area contributed by atoms with Crippen molar-refractivity contribution in [3.63, 3.8) is 0 Å². The summed E-state index contributed by atoms with van der Waals surface area (Å²) in [6, 6.07) is 1.06. The van der Waals surface area contributed by atoms with Crippen molar-refractivity contribution in [2.45, 2.75) is 33.2 Å². The molecule has 0 aliphatic carbocycles. The minimum Gasteiger partial charge on any atom is -0.462 e. The van der Waals surface area contributed by atoms with Gasteiger partial charge in [-0.2, -0.15) is 0 Å². The second-order valence-electron chi connectivity index (χ2n) is 3.57. The van der Waals surface area contributed by atoms with Crippen LogP contribution in [0.1, 0.15) is 27.2 Å². The molecular weight excluding hydrogens is 234 g/mol. The molecule has 0 saturated heterocycles. The molecule has 4 nitrogen and oxygen atoms in total. The highest BCUT2D eigenvalue weighted by Crippen LogP contribution is 1.95. The molecule has 0 unspecified atom stereocenters. The molecule has 0 aromatic carbocycles. The average molecular weight is 261 g/mol. The molecular formula is C12H27NO3Si. The van der Waals surface area contributed by atoms with E-state index in [0.717, 1.165) is 25.6 Å². The van der Waals surface area contributed by atoms with Crippen LogP contribution >= 0.6 is 0 Å². The van der Waals surface area contributed by atoms with Crippen LogP contribution < -0.4 is 5.32 Å². The fraction of sp³-hybridized carbons (Fsp3) is 0.750. The van der Waals surface area contributed by atoms with Crippen molar-refractivity contribution in [1.29, 1.82) is 0 Å². The molecule has 17 heavy (non-hydrogen) atoms. The molecule has 0 amide bonds. The molecule has 0 heterocycles. The molecule has 5 heteroatoms. The van der Waals surface area contributed by atoms with Crippen LogP contribution in [0.4, 0.5) is 0 Å². The van der Waals surface area contributed by atoms with Gasteiger partial charge in [0.25, 0.3) is 0 Å². The molecule has 102 valence electrons. The lowest BCUT2D eigenvalue weighted by Gasteiger charge is -2.02. The number of carbonyl (C=O) groups is 1.